The average Bonchev–Trinajstić information content (AvgIpc) is 3.64. The first-order chi connectivity index (χ1) is 22.5. The summed E-state index contributed by atoms with van der Waals surface area (Å²) in [4.78, 5) is 33.3. The number of carbonyl (C=O) groups is 2. The molecule has 1 N–H and O–H groups in total. The van der Waals surface area contributed by atoms with Crippen LogP contribution < -0.4 is 0 Å². The van der Waals surface area contributed by atoms with Crippen molar-refractivity contribution in [1.82, 2.24) is 14.5 Å². The summed E-state index contributed by atoms with van der Waals surface area (Å²) in [6, 6.07) is 18.4. The van der Waals surface area contributed by atoms with Crippen LogP contribution in [0, 0.1) is 5.82 Å². The molecule has 0 amide bonds. The number of Topliss-reactive ketones (excluding diaryl/α,β-unsaturated/α-hetero) is 1. The summed E-state index contributed by atoms with van der Waals surface area (Å²) in [5.74, 6) is -0.758. The minimum Gasteiger partial charge on any atom is -0.477 e. The van der Waals surface area contributed by atoms with Crippen LogP contribution in [0.15, 0.2) is 60.7 Å². The molecule has 2 fully saturated rings. The molecule has 7 rings (SSSR count). The molecule has 3 aromatic heterocycles. The summed E-state index contributed by atoms with van der Waals surface area (Å²) in [5.41, 5.74) is 5.87. The molecule has 1 saturated carbocycles. The van der Waals surface area contributed by atoms with Gasteiger partial charge in [0.1, 0.15) is 10.7 Å². The molecule has 0 unspecified atom stereocenters. The van der Waals surface area contributed by atoms with Gasteiger partial charge in [0.2, 0.25) is 0 Å². The Morgan fingerprint density at radius 2 is 1.72 bits per heavy atom. The van der Waals surface area contributed by atoms with E-state index >= 15 is 0 Å². The molecule has 2 aromatic carbocycles. The van der Waals surface area contributed by atoms with Crippen LogP contribution in [0.4, 0.5) is 4.39 Å². The van der Waals surface area contributed by atoms with Crippen molar-refractivity contribution in [2.45, 2.75) is 76.7 Å². The number of thiophene rings is 1. The van der Waals surface area contributed by atoms with Crippen LogP contribution in [0.3, 0.4) is 0 Å². The molecule has 5 aromatic rings. The van der Waals surface area contributed by atoms with E-state index in [0.717, 1.165) is 84.1 Å². The third kappa shape index (κ3) is 6.25. The fourth-order valence-corrected chi connectivity index (χ4v) is 8.65. The van der Waals surface area contributed by atoms with Crippen LogP contribution in [0.2, 0.25) is 0 Å². The summed E-state index contributed by atoms with van der Waals surface area (Å²) in [6.07, 6.45) is 10.7. The number of nitrogens with zero attached hydrogens (tertiary/aromatic N) is 3. The number of aromatic nitrogens is 2. The molecular weight excluding hydrogens is 598 g/mol. The van der Waals surface area contributed by atoms with Gasteiger partial charge in [0, 0.05) is 17.4 Å². The first-order valence-corrected chi connectivity index (χ1v) is 17.6. The number of fused-ring (bicyclic) bond motifs is 2. The van der Waals surface area contributed by atoms with E-state index in [9.17, 15) is 19.1 Å². The van der Waals surface area contributed by atoms with Gasteiger partial charge in [-0.3, -0.25) is 4.79 Å². The second-order valence-corrected chi connectivity index (χ2v) is 14.0. The molecule has 46 heavy (non-hydrogen) atoms. The van der Waals surface area contributed by atoms with Crippen molar-refractivity contribution in [2.75, 3.05) is 19.6 Å². The van der Waals surface area contributed by atoms with E-state index in [-0.39, 0.29) is 18.1 Å². The Hall–Kier alpha value is -3.88. The van der Waals surface area contributed by atoms with Gasteiger partial charge in [-0.2, -0.15) is 0 Å². The van der Waals surface area contributed by atoms with Crippen LogP contribution in [-0.2, 0) is 11.3 Å². The lowest BCUT2D eigenvalue weighted by Gasteiger charge is -2.26. The normalized spacial score (nSPS) is 16.4. The lowest BCUT2D eigenvalue weighted by molar-refractivity contribution is -0.119. The van der Waals surface area contributed by atoms with Crippen LogP contribution in [0.5, 0.6) is 0 Å². The summed E-state index contributed by atoms with van der Waals surface area (Å²) in [6.45, 7) is 3.40. The van der Waals surface area contributed by atoms with Crippen LogP contribution in [-0.4, -0.2) is 50.9 Å². The minimum absolute atomic E-state index is 0.172. The second-order valence-electron chi connectivity index (χ2n) is 12.9. The highest BCUT2D eigenvalue weighted by Crippen LogP contribution is 2.47. The molecular formula is C38H40FN3O3S. The number of halogens is 1. The molecule has 238 valence electrons. The fourth-order valence-electron chi connectivity index (χ4n) is 7.53. The summed E-state index contributed by atoms with van der Waals surface area (Å²) in [5, 5.41) is 10.9. The highest BCUT2D eigenvalue weighted by Gasteiger charge is 2.30. The maximum Gasteiger partial charge on any atom is 0.345 e. The number of rotatable bonds is 10. The Morgan fingerprint density at radius 1 is 0.935 bits per heavy atom. The van der Waals surface area contributed by atoms with Crippen LogP contribution in [0.25, 0.3) is 43.6 Å². The molecule has 6 nitrogen and oxygen atoms in total. The predicted octanol–water partition coefficient (Wildman–Crippen LogP) is 9.31. The third-order valence-corrected chi connectivity index (χ3v) is 11.0. The van der Waals surface area contributed by atoms with Gasteiger partial charge in [0.15, 0.2) is 5.78 Å². The predicted molar refractivity (Wildman–Crippen MR) is 183 cm³/mol. The Balaban J connectivity index is 1.29. The smallest absolute Gasteiger partial charge is 0.345 e. The number of carboxylic acid groups (broad SMARTS) is 1. The van der Waals surface area contributed by atoms with Gasteiger partial charge >= 0.3 is 5.97 Å². The van der Waals surface area contributed by atoms with Crippen molar-refractivity contribution >= 4 is 44.2 Å². The maximum absolute atomic E-state index is 14.5. The number of pyridine rings is 1. The largest absolute Gasteiger partial charge is 0.477 e. The van der Waals surface area contributed by atoms with Crippen LogP contribution in [0.1, 0.15) is 85.4 Å². The van der Waals surface area contributed by atoms with Crippen molar-refractivity contribution in [3.63, 3.8) is 0 Å². The number of carboxylic acids is 1. The standard InChI is InChI=1S/C38H40FN3O3S/c39-30-14-6-5-13-29(30)32-18-15-26-22-27(16-17-31(26)40-32)36-35(25-10-3-1-4-11-25)37-33(23-34(46-37)38(44)45)42(36)24-28(43)12-9-21-41-19-7-2-8-20-41/h5-6,13-18,22-23,25H,1-4,7-12,19-21,24H2,(H,44,45). The number of hydrogen-bond acceptors (Lipinski definition) is 5. The zero-order valence-corrected chi connectivity index (χ0v) is 27.0. The van der Waals surface area contributed by atoms with Gasteiger partial charge in [0.25, 0.3) is 0 Å². The molecule has 0 radical (unpaired) electrons. The Bertz CT molecular complexity index is 1900. The Morgan fingerprint density at radius 3 is 2.50 bits per heavy atom. The quantitative estimate of drug-likeness (QED) is 0.165. The molecule has 0 bridgehead atoms. The number of aromatic carboxylic acids is 1. The highest BCUT2D eigenvalue weighted by molar-refractivity contribution is 7.21. The lowest BCUT2D eigenvalue weighted by Crippen LogP contribution is -2.30. The van der Waals surface area contributed by atoms with E-state index in [1.54, 1.807) is 18.2 Å². The van der Waals surface area contributed by atoms with E-state index in [1.165, 1.54) is 48.6 Å². The number of likely N-dealkylation sites (tertiary alicyclic amines) is 1. The molecule has 1 aliphatic heterocycles. The first-order valence-electron chi connectivity index (χ1n) is 16.8. The third-order valence-electron chi connectivity index (χ3n) is 9.82. The van der Waals surface area contributed by atoms with Gasteiger partial charge in [-0.25, -0.2) is 14.2 Å². The van der Waals surface area contributed by atoms with Crippen molar-refractivity contribution in [3.05, 3.63) is 76.9 Å². The van der Waals surface area contributed by atoms with Crippen molar-refractivity contribution in [3.8, 4) is 22.5 Å². The number of ketones is 1. The molecule has 4 heterocycles. The Labute approximate surface area is 272 Å². The van der Waals surface area contributed by atoms with Gasteiger partial charge < -0.3 is 14.6 Å². The minimum atomic E-state index is -0.931. The molecule has 0 atom stereocenters. The number of hydrogen-bond donors (Lipinski definition) is 1. The molecule has 1 aliphatic carbocycles. The van der Waals surface area contributed by atoms with Crippen molar-refractivity contribution in [2.24, 2.45) is 0 Å². The number of benzene rings is 2. The van der Waals surface area contributed by atoms with Gasteiger partial charge in [0.05, 0.1) is 33.7 Å². The summed E-state index contributed by atoms with van der Waals surface area (Å²) in [7, 11) is 0. The van der Waals surface area contributed by atoms with E-state index in [4.69, 9.17) is 4.98 Å². The number of carbonyl (C=O) groups excluding carboxylic acids is 1. The van der Waals surface area contributed by atoms with E-state index < -0.39 is 5.97 Å². The molecule has 2 aliphatic rings. The zero-order chi connectivity index (χ0) is 31.6. The van der Waals surface area contributed by atoms with E-state index in [1.807, 2.05) is 24.3 Å². The average molecular weight is 638 g/mol. The van der Waals surface area contributed by atoms with Gasteiger partial charge in [-0.05, 0) is 105 Å². The van der Waals surface area contributed by atoms with Crippen molar-refractivity contribution < 1.29 is 19.1 Å². The topological polar surface area (TPSA) is 75.4 Å². The van der Waals surface area contributed by atoms with E-state index in [2.05, 4.69) is 21.6 Å². The van der Waals surface area contributed by atoms with Crippen LogP contribution >= 0.6 is 11.3 Å². The molecule has 1 saturated heterocycles. The van der Waals surface area contributed by atoms with E-state index in [0.29, 0.717) is 28.5 Å². The second kappa shape index (κ2) is 13.5. The fraction of sp³-hybridized carbons (Fsp3) is 0.395. The summed E-state index contributed by atoms with van der Waals surface area (Å²) >= 11 is 1.34. The summed E-state index contributed by atoms with van der Waals surface area (Å²) < 4.78 is 17.6. The van der Waals surface area contributed by atoms with Gasteiger partial charge in [-0.15, -0.1) is 11.3 Å². The highest BCUT2D eigenvalue weighted by atomic mass is 32.1. The zero-order valence-electron chi connectivity index (χ0n) is 26.1. The molecule has 8 heteroatoms. The maximum atomic E-state index is 14.5. The monoisotopic (exact) mass is 637 g/mol. The number of piperidine rings is 1. The lowest BCUT2D eigenvalue weighted by atomic mass is 9.83. The Kier molecular flexibility index (Phi) is 9.00. The first kappa shape index (κ1) is 30.8. The SMILES string of the molecule is O=C(CCCN1CCCCC1)Cn1c(-c2ccc3nc(-c4ccccc4F)ccc3c2)c(C2CCCCC2)c2sc(C(=O)O)cc21. The van der Waals surface area contributed by atoms with Gasteiger partial charge in [-0.1, -0.05) is 49.9 Å². The van der Waals surface area contributed by atoms with Crippen molar-refractivity contribution in [1.29, 1.82) is 0 Å². The molecule has 0 spiro atoms.